The molecule has 0 spiro atoms. The van der Waals surface area contributed by atoms with Crippen LogP contribution in [-0.4, -0.2) is 66.6 Å². The fourth-order valence-electron chi connectivity index (χ4n) is 6.31. The Morgan fingerprint density at radius 3 is 2.52 bits per heavy atom. The van der Waals surface area contributed by atoms with Gasteiger partial charge in [0.1, 0.15) is 11.5 Å². The predicted octanol–water partition coefficient (Wildman–Crippen LogP) is 5.40. The van der Waals surface area contributed by atoms with Gasteiger partial charge in [-0.15, -0.1) is 0 Å². The summed E-state index contributed by atoms with van der Waals surface area (Å²) in [5.74, 6) is -1.57. The maximum atomic E-state index is 14.2. The van der Waals surface area contributed by atoms with Crippen molar-refractivity contribution >= 4 is 41.0 Å². The van der Waals surface area contributed by atoms with E-state index in [0.29, 0.717) is 41.0 Å². The minimum Gasteiger partial charge on any atom is -0.468 e. The van der Waals surface area contributed by atoms with Gasteiger partial charge in [0.2, 0.25) is 11.8 Å². The number of esters is 1. The highest BCUT2D eigenvalue weighted by Crippen LogP contribution is 2.51. The van der Waals surface area contributed by atoms with E-state index in [0.717, 1.165) is 18.4 Å². The van der Waals surface area contributed by atoms with Crippen LogP contribution in [-0.2, 0) is 41.7 Å². The van der Waals surface area contributed by atoms with E-state index in [1.165, 1.54) is 7.11 Å². The number of hydrogen-bond donors (Lipinski definition) is 0. The monoisotopic (exact) mass is 614 g/mol. The van der Waals surface area contributed by atoms with Crippen LogP contribution in [0.25, 0.3) is 0 Å². The minimum absolute atomic E-state index is 0.00599. The second kappa shape index (κ2) is 13.2. The molecule has 0 saturated carbocycles. The number of carbonyl (C=O) groups is 3. The summed E-state index contributed by atoms with van der Waals surface area (Å²) >= 11 is 12.7. The number of fused-ring (bicyclic) bond motifs is 1. The lowest BCUT2D eigenvalue weighted by atomic mass is 9.66. The molecule has 2 aromatic carbocycles. The number of amides is 2. The molecule has 0 aliphatic carbocycles. The summed E-state index contributed by atoms with van der Waals surface area (Å²) in [6, 6.07) is 14.9. The molecule has 0 bridgehead atoms. The molecule has 2 fully saturated rings. The predicted molar refractivity (Wildman–Crippen MR) is 159 cm³/mol. The number of nitrogens with zero attached hydrogens (tertiary/aromatic N) is 2. The van der Waals surface area contributed by atoms with Crippen LogP contribution in [0.1, 0.15) is 43.7 Å². The molecule has 0 N–H and O–H groups in total. The van der Waals surface area contributed by atoms with Gasteiger partial charge < -0.3 is 24.0 Å². The van der Waals surface area contributed by atoms with Crippen molar-refractivity contribution in [2.45, 2.75) is 58.0 Å². The zero-order valence-electron chi connectivity index (χ0n) is 23.9. The van der Waals surface area contributed by atoms with Crippen LogP contribution in [0.2, 0.25) is 10.0 Å². The van der Waals surface area contributed by atoms with Crippen molar-refractivity contribution in [1.82, 2.24) is 9.80 Å². The van der Waals surface area contributed by atoms with Crippen LogP contribution < -0.4 is 0 Å². The average Bonchev–Trinajstić information content (AvgIpc) is 3.52. The summed E-state index contributed by atoms with van der Waals surface area (Å²) in [6.07, 6.45) is 2.62. The van der Waals surface area contributed by atoms with E-state index in [-0.39, 0.29) is 37.8 Å². The smallest absolute Gasteiger partial charge is 0.320 e. The molecule has 3 aliphatic heterocycles. The van der Waals surface area contributed by atoms with Crippen molar-refractivity contribution in [3.63, 3.8) is 0 Å². The molecule has 0 radical (unpaired) electrons. The summed E-state index contributed by atoms with van der Waals surface area (Å²) in [7, 11) is 1.33. The van der Waals surface area contributed by atoms with Crippen molar-refractivity contribution in [1.29, 1.82) is 0 Å². The normalized spacial score (nSPS) is 25.7. The number of benzene rings is 2. The Morgan fingerprint density at radius 1 is 1.10 bits per heavy atom. The third kappa shape index (κ3) is 6.23. The fraction of sp³-hybridized carbons (Fsp3) is 0.469. The van der Waals surface area contributed by atoms with E-state index in [4.69, 9.17) is 37.4 Å². The molecule has 3 heterocycles. The van der Waals surface area contributed by atoms with Crippen molar-refractivity contribution in [2.75, 3.05) is 26.8 Å². The summed E-state index contributed by atoms with van der Waals surface area (Å²) in [5.41, 5.74) is 0.877. The van der Waals surface area contributed by atoms with Crippen molar-refractivity contribution in [3.05, 3.63) is 81.5 Å². The lowest BCUT2D eigenvalue weighted by Gasteiger charge is -2.51. The zero-order valence-corrected chi connectivity index (χ0v) is 25.4. The highest BCUT2D eigenvalue weighted by Gasteiger charge is 2.59. The van der Waals surface area contributed by atoms with Gasteiger partial charge in [0.05, 0.1) is 33.0 Å². The number of rotatable bonds is 9. The third-order valence-electron chi connectivity index (χ3n) is 8.51. The van der Waals surface area contributed by atoms with Gasteiger partial charge in [-0.3, -0.25) is 14.4 Å². The van der Waals surface area contributed by atoms with Gasteiger partial charge in [-0.05, 0) is 55.5 Å². The first-order valence-corrected chi connectivity index (χ1v) is 15.1. The van der Waals surface area contributed by atoms with Crippen molar-refractivity contribution < 1.29 is 28.6 Å². The molecular formula is C32H36Cl2N2O6. The van der Waals surface area contributed by atoms with Gasteiger partial charge in [0.15, 0.2) is 0 Å². The Kier molecular flexibility index (Phi) is 9.57. The molecule has 2 saturated heterocycles. The first-order valence-electron chi connectivity index (χ1n) is 14.3. The number of halogens is 2. The lowest BCUT2D eigenvalue weighted by molar-refractivity contribution is -0.178. The van der Waals surface area contributed by atoms with E-state index < -0.39 is 29.5 Å². The van der Waals surface area contributed by atoms with E-state index in [1.54, 1.807) is 34.1 Å². The number of carbonyl (C=O) groups excluding carboxylic acids is 3. The largest absolute Gasteiger partial charge is 0.468 e. The van der Waals surface area contributed by atoms with Crippen LogP contribution in [0, 0.1) is 11.3 Å². The SMILES string of the molecule is COC(=O)[C@]12C[C@H](CC(=O)N3CCCC3)C(=O)N(Cc3ccc(Cl)cc3Cl)C1=C[C@H](COCc1ccccc1)O[C@@H]2C. The van der Waals surface area contributed by atoms with E-state index in [9.17, 15) is 14.4 Å². The van der Waals surface area contributed by atoms with Gasteiger partial charge >= 0.3 is 5.97 Å². The van der Waals surface area contributed by atoms with Crippen LogP contribution in [0.15, 0.2) is 60.3 Å². The van der Waals surface area contributed by atoms with E-state index in [1.807, 2.05) is 37.3 Å². The van der Waals surface area contributed by atoms with Crippen molar-refractivity contribution in [2.24, 2.45) is 11.3 Å². The molecule has 42 heavy (non-hydrogen) atoms. The zero-order chi connectivity index (χ0) is 29.9. The van der Waals surface area contributed by atoms with Gasteiger partial charge in [-0.2, -0.15) is 0 Å². The number of hydrogen-bond acceptors (Lipinski definition) is 6. The molecule has 4 atom stereocenters. The van der Waals surface area contributed by atoms with Crippen LogP contribution >= 0.6 is 23.2 Å². The summed E-state index contributed by atoms with van der Waals surface area (Å²) in [5, 5.41) is 0.874. The van der Waals surface area contributed by atoms with E-state index in [2.05, 4.69) is 0 Å². The Morgan fingerprint density at radius 2 is 1.83 bits per heavy atom. The lowest BCUT2D eigenvalue weighted by Crippen LogP contribution is -2.60. The topological polar surface area (TPSA) is 85.4 Å². The highest BCUT2D eigenvalue weighted by atomic mass is 35.5. The second-order valence-corrected chi connectivity index (χ2v) is 12.0. The third-order valence-corrected chi connectivity index (χ3v) is 9.10. The minimum atomic E-state index is -1.30. The first-order chi connectivity index (χ1) is 20.2. The van der Waals surface area contributed by atoms with Crippen LogP contribution in [0.3, 0.4) is 0 Å². The molecule has 5 rings (SSSR count). The molecule has 0 aromatic heterocycles. The molecule has 10 heteroatoms. The molecule has 2 amide bonds. The molecule has 2 aromatic rings. The van der Waals surface area contributed by atoms with Crippen LogP contribution in [0.5, 0.6) is 0 Å². The second-order valence-electron chi connectivity index (χ2n) is 11.2. The van der Waals surface area contributed by atoms with Gasteiger partial charge in [-0.25, -0.2) is 0 Å². The van der Waals surface area contributed by atoms with Gasteiger partial charge in [-0.1, -0.05) is 59.6 Å². The first kappa shape index (κ1) is 30.5. The number of methoxy groups -OCH3 is 1. The van der Waals surface area contributed by atoms with E-state index >= 15 is 0 Å². The Balaban J connectivity index is 1.50. The highest BCUT2D eigenvalue weighted by molar-refractivity contribution is 6.35. The maximum absolute atomic E-state index is 14.2. The molecule has 224 valence electrons. The average molecular weight is 616 g/mol. The van der Waals surface area contributed by atoms with Gasteiger partial charge in [0.25, 0.3) is 0 Å². The molecular weight excluding hydrogens is 579 g/mol. The summed E-state index contributed by atoms with van der Waals surface area (Å²) in [4.78, 5) is 44.5. The van der Waals surface area contributed by atoms with Gasteiger partial charge in [0, 0.05) is 41.2 Å². The summed E-state index contributed by atoms with van der Waals surface area (Å²) in [6.45, 7) is 3.89. The quantitative estimate of drug-likeness (QED) is 0.352. The van der Waals surface area contributed by atoms with Crippen LogP contribution in [0.4, 0.5) is 0 Å². The number of ether oxygens (including phenoxy) is 3. The Labute approximate surface area is 256 Å². The molecule has 0 unspecified atom stereocenters. The standard InChI is InChI=1S/C32H36Cl2N2O6/c1-21-32(31(39)40-2)17-24(14-29(37)35-12-6-7-13-35)30(38)36(18-23-10-11-25(33)15-27(23)34)28(32)16-26(42-21)20-41-19-22-8-4-3-5-9-22/h3-5,8-11,15-16,21,24,26H,6-7,12-14,17-20H2,1-2H3/t21-,24+,26-,32+/m1/s1. The molecule has 3 aliphatic rings. The van der Waals surface area contributed by atoms with Crippen molar-refractivity contribution in [3.8, 4) is 0 Å². The summed E-state index contributed by atoms with van der Waals surface area (Å²) < 4.78 is 17.7. The number of piperidine rings is 1. The molecule has 8 nitrogen and oxygen atoms in total. The maximum Gasteiger partial charge on any atom is 0.320 e. The Bertz CT molecular complexity index is 1350. The number of likely N-dealkylation sites (tertiary alicyclic amines) is 2. The fourth-order valence-corrected chi connectivity index (χ4v) is 6.78. The Hall–Kier alpha value is -2.91.